The molecular weight excluding hydrogens is 342 g/mol. The van der Waals surface area contributed by atoms with Crippen molar-refractivity contribution in [2.24, 2.45) is 7.05 Å². The van der Waals surface area contributed by atoms with Crippen molar-refractivity contribution < 1.29 is 0 Å². The zero-order valence-electron chi connectivity index (χ0n) is 15.6. The maximum Gasteiger partial charge on any atom is 0.332 e. The van der Waals surface area contributed by atoms with Gasteiger partial charge in [-0.3, -0.25) is 18.3 Å². The van der Waals surface area contributed by atoms with Gasteiger partial charge in [-0.1, -0.05) is 42.5 Å². The van der Waals surface area contributed by atoms with E-state index in [1.807, 2.05) is 44.3 Å². The summed E-state index contributed by atoms with van der Waals surface area (Å²) in [7, 11) is 1.65. The summed E-state index contributed by atoms with van der Waals surface area (Å²) >= 11 is 0. The summed E-state index contributed by atoms with van der Waals surface area (Å²) in [5.74, 6) is 0.655. The fourth-order valence-corrected chi connectivity index (χ4v) is 3.39. The van der Waals surface area contributed by atoms with Gasteiger partial charge in [0, 0.05) is 25.5 Å². The van der Waals surface area contributed by atoms with Crippen LogP contribution in [0.5, 0.6) is 0 Å². The zero-order chi connectivity index (χ0) is 19.1. The quantitative estimate of drug-likeness (QED) is 0.522. The maximum atomic E-state index is 13.0. The van der Waals surface area contributed by atoms with Crippen LogP contribution in [-0.2, 0) is 20.1 Å². The van der Waals surface area contributed by atoms with Crippen molar-refractivity contribution in [1.29, 1.82) is 0 Å². The molecule has 7 nitrogen and oxygen atoms in total. The van der Waals surface area contributed by atoms with Crippen molar-refractivity contribution in [3.63, 3.8) is 0 Å². The van der Waals surface area contributed by atoms with Crippen LogP contribution in [0.1, 0.15) is 18.2 Å². The molecule has 7 heteroatoms. The number of benzene rings is 1. The summed E-state index contributed by atoms with van der Waals surface area (Å²) < 4.78 is 6.52. The summed E-state index contributed by atoms with van der Waals surface area (Å²) in [6.07, 6.45) is 5.51. The second-order valence-electron chi connectivity index (χ2n) is 6.62. The highest BCUT2D eigenvalue weighted by atomic mass is 16.2. The molecule has 1 aromatic carbocycles. The van der Waals surface area contributed by atoms with E-state index in [0.29, 0.717) is 23.5 Å². The molecule has 0 saturated carbocycles. The van der Waals surface area contributed by atoms with E-state index in [-0.39, 0.29) is 17.8 Å². The molecule has 0 aliphatic rings. The van der Waals surface area contributed by atoms with Crippen LogP contribution in [-0.4, -0.2) is 23.1 Å². The van der Waals surface area contributed by atoms with Gasteiger partial charge in [-0.25, -0.2) is 4.79 Å². The van der Waals surface area contributed by atoms with E-state index in [9.17, 15) is 9.59 Å². The summed E-state index contributed by atoms with van der Waals surface area (Å²) in [5.41, 5.74) is 2.28. The van der Waals surface area contributed by atoms with Gasteiger partial charge in [0.25, 0.3) is 5.56 Å². The Morgan fingerprint density at radius 2 is 1.85 bits per heavy atom. The molecule has 0 bridgehead atoms. The van der Waals surface area contributed by atoms with Gasteiger partial charge in [0.05, 0.1) is 6.54 Å². The van der Waals surface area contributed by atoms with Gasteiger partial charge in [-0.15, -0.1) is 0 Å². The van der Waals surface area contributed by atoms with E-state index < -0.39 is 0 Å². The fraction of sp³-hybridized carbons (Fsp3) is 0.250. The molecule has 0 radical (unpaired) electrons. The number of hydrogen-bond donors (Lipinski definition) is 0. The summed E-state index contributed by atoms with van der Waals surface area (Å²) in [4.78, 5) is 30.2. The molecule has 0 aliphatic heterocycles. The molecule has 4 aromatic rings. The first-order valence-electron chi connectivity index (χ1n) is 8.85. The molecule has 0 fully saturated rings. The summed E-state index contributed by atoms with van der Waals surface area (Å²) in [6, 6.07) is 10.1. The molecule has 0 N–H and O–H groups in total. The molecule has 0 amide bonds. The van der Waals surface area contributed by atoms with Crippen LogP contribution >= 0.6 is 0 Å². The molecule has 27 heavy (non-hydrogen) atoms. The van der Waals surface area contributed by atoms with E-state index in [0.717, 1.165) is 11.3 Å². The minimum atomic E-state index is -0.363. The first kappa shape index (κ1) is 17.1. The molecule has 3 aromatic heterocycles. The van der Waals surface area contributed by atoms with Crippen molar-refractivity contribution >= 4 is 16.9 Å². The Balaban J connectivity index is 2.00. The highest BCUT2D eigenvalue weighted by molar-refractivity contribution is 5.75. The van der Waals surface area contributed by atoms with Gasteiger partial charge in [0.2, 0.25) is 5.78 Å². The Morgan fingerprint density at radius 1 is 1.11 bits per heavy atom. The van der Waals surface area contributed by atoms with E-state index in [1.165, 1.54) is 9.13 Å². The monoisotopic (exact) mass is 363 g/mol. The number of nitrogens with zero attached hydrogens (tertiary/aromatic N) is 5. The number of aryl methyl sites for hydroxylation is 2. The highest BCUT2D eigenvalue weighted by Crippen LogP contribution is 2.17. The average molecular weight is 363 g/mol. The van der Waals surface area contributed by atoms with Crippen LogP contribution < -0.4 is 11.2 Å². The van der Waals surface area contributed by atoms with Crippen LogP contribution in [0.2, 0.25) is 0 Å². The number of imidazole rings is 2. The average Bonchev–Trinajstić information content (AvgIpc) is 3.17. The van der Waals surface area contributed by atoms with Crippen LogP contribution in [0, 0.1) is 6.92 Å². The van der Waals surface area contributed by atoms with Gasteiger partial charge in [-0.2, -0.15) is 4.98 Å². The lowest BCUT2D eigenvalue weighted by Crippen LogP contribution is -2.39. The lowest BCUT2D eigenvalue weighted by molar-refractivity contribution is 0.666. The third kappa shape index (κ3) is 2.63. The Labute approximate surface area is 155 Å². The lowest BCUT2D eigenvalue weighted by atomic mass is 10.2. The van der Waals surface area contributed by atoms with Gasteiger partial charge in [0.15, 0.2) is 11.2 Å². The van der Waals surface area contributed by atoms with E-state index >= 15 is 0 Å². The minimum absolute atomic E-state index is 0.245. The van der Waals surface area contributed by atoms with Crippen LogP contribution in [0.4, 0.5) is 0 Å². The molecule has 3 heterocycles. The summed E-state index contributed by atoms with van der Waals surface area (Å²) in [6.45, 7) is 4.74. The molecule has 0 atom stereocenters. The SMILES string of the molecule is C/C=C\Cn1c(=O)c2c(nc3n(Cc4ccccc4)c(C)cn23)n(C)c1=O. The third-order valence-electron chi connectivity index (χ3n) is 4.85. The Hall–Kier alpha value is -3.35. The second-order valence-corrected chi connectivity index (χ2v) is 6.62. The molecule has 4 rings (SSSR count). The first-order chi connectivity index (χ1) is 13.0. The zero-order valence-corrected chi connectivity index (χ0v) is 15.6. The number of allylic oxidation sites excluding steroid dienone is 2. The second kappa shape index (κ2) is 6.42. The molecule has 0 unspecified atom stereocenters. The Kier molecular flexibility index (Phi) is 4.07. The first-order valence-corrected chi connectivity index (χ1v) is 8.85. The topological polar surface area (TPSA) is 66.2 Å². The number of fused-ring (bicyclic) bond motifs is 3. The number of rotatable bonds is 4. The van der Waals surface area contributed by atoms with Gasteiger partial charge < -0.3 is 4.57 Å². The smallest absolute Gasteiger partial charge is 0.310 e. The normalized spacial score (nSPS) is 12.0. The minimum Gasteiger partial charge on any atom is -0.310 e. The molecule has 0 saturated heterocycles. The molecule has 0 aliphatic carbocycles. The fourth-order valence-electron chi connectivity index (χ4n) is 3.39. The van der Waals surface area contributed by atoms with Gasteiger partial charge in [-0.05, 0) is 19.4 Å². The lowest BCUT2D eigenvalue weighted by Gasteiger charge is -2.06. The number of aromatic nitrogens is 5. The van der Waals surface area contributed by atoms with Crippen molar-refractivity contribution in [2.75, 3.05) is 0 Å². The van der Waals surface area contributed by atoms with Gasteiger partial charge >= 0.3 is 5.69 Å². The molecule has 138 valence electrons. The van der Waals surface area contributed by atoms with Gasteiger partial charge in [0.1, 0.15) is 0 Å². The van der Waals surface area contributed by atoms with Crippen LogP contribution in [0.3, 0.4) is 0 Å². The Morgan fingerprint density at radius 3 is 2.56 bits per heavy atom. The van der Waals surface area contributed by atoms with E-state index in [4.69, 9.17) is 0 Å². The van der Waals surface area contributed by atoms with Crippen LogP contribution in [0.15, 0.2) is 58.3 Å². The predicted molar refractivity (Wildman–Crippen MR) is 105 cm³/mol. The summed E-state index contributed by atoms with van der Waals surface area (Å²) in [5, 5.41) is 0. The molecule has 0 spiro atoms. The standard InChI is InChI=1S/C20H21N5O2/c1-4-5-11-23-18(26)16-17(22(3)20(23)27)21-19-24(14(2)12-25(16)19)13-15-9-7-6-8-10-15/h4-10,12H,11,13H2,1-3H3/b5-4-. The largest absolute Gasteiger partial charge is 0.332 e. The molecular formula is C20H21N5O2. The van der Waals surface area contributed by atoms with E-state index in [2.05, 4.69) is 21.7 Å². The predicted octanol–water partition coefficient (Wildman–Crippen LogP) is 2.08. The van der Waals surface area contributed by atoms with Crippen molar-refractivity contribution in [3.8, 4) is 0 Å². The third-order valence-corrected chi connectivity index (χ3v) is 4.85. The highest BCUT2D eigenvalue weighted by Gasteiger charge is 2.19. The van der Waals surface area contributed by atoms with Crippen molar-refractivity contribution in [2.45, 2.75) is 26.9 Å². The van der Waals surface area contributed by atoms with Crippen molar-refractivity contribution in [1.82, 2.24) is 23.1 Å². The Bertz CT molecular complexity index is 1290. The van der Waals surface area contributed by atoms with Crippen LogP contribution in [0.25, 0.3) is 16.9 Å². The maximum absolute atomic E-state index is 13.0. The number of hydrogen-bond acceptors (Lipinski definition) is 3. The van der Waals surface area contributed by atoms with E-state index in [1.54, 1.807) is 17.5 Å². The van der Waals surface area contributed by atoms with Crippen molar-refractivity contribution in [3.05, 3.63) is 80.8 Å².